The summed E-state index contributed by atoms with van der Waals surface area (Å²) < 4.78 is 5.84. The van der Waals surface area contributed by atoms with E-state index in [1.165, 1.54) is 0 Å². The first-order chi connectivity index (χ1) is 14.5. The van der Waals surface area contributed by atoms with Crippen LogP contribution < -0.4 is 10.5 Å². The van der Waals surface area contributed by atoms with Gasteiger partial charge >= 0.3 is 0 Å². The average molecular weight is 412 g/mol. The number of allylic oxidation sites excluding steroid dienone is 1. The van der Waals surface area contributed by atoms with Crippen molar-refractivity contribution in [1.82, 2.24) is 4.98 Å². The van der Waals surface area contributed by atoms with E-state index in [4.69, 9.17) is 27.1 Å². The van der Waals surface area contributed by atoms with Gasteiger partial charge in [0.1, 0.15) is 22.5 Å². The molecule has 1 atom stereocenters. The van der Waals surface area contributed by atoms with E-state index in [2.05, 4.69) is 12.1 Å². The van der Waals surface area contributed by atoms with Crippen molar-refractivity contribution in [1.29, 1.82) is 5.26 Å². The molecule has 0 bridgehead atoms. The van der Waals surface area contributed by atoms with E-state index in [1.807, 2.05) is 62.4 Å². The van der Waals surface area contributed by atoms with E-state index >= 15 is 0 Å². The first-order valence-electron chi connectivity index (χ1n) is 9.65. The van der Waals surface area contributed by atoms with Crippen LogP contribution in [0.1, 0.15) is 28.2 Å². The van der Waals surface area contributed by atoms with Gasteiger partial charge in [-0.2, -0.15) is 5.26 Å². The molecule has 30 heavy (non-hydrogen) atoms. The molecular formula is C25H18ClN3O. The molecule has 2 N–H and O–H groups in total. The van der Waals surface area contributed by atoms with E-state index in [1.54, 1.807) is 0 Å². The first kappa shape index (κ1) is 18.5. The number of aryl methyl sites for hydroxylation is 2. The number of hydrogen-bond acceptors (Lipinski definition) is 4. The fourth-order valence-corrected chi connectivity index (χ4v) is 4.53. The lowest BCUT2D eigenvalue weighted by atomic mass is 9.81. The number of aromatic nitrogens is 1. The minimum atomic E-state index is -0.464. The van der Waals surface area contributed by atoms with E-state index in [0.717, 1.165) is 43.9 Å². The molecule has 0 unspecified atom stereocenters. The highest BCUT2D eigenvalue weighted by molar-refractivity contribution is 6.30. The van der Waals surface area contributed by atoms with Crippen LogP contribution in [0.15, 0.2) is 66.1 Å². The summed E-state index contributed by atoms with van der Waals surface area (Å²) in [4.78, 5) is 4.71. The SMILES string of the molecule is Cc1ccc(C)c2nc(Cl)c([C@H]3C(C#N)=C(N)Oc4ccc5ccccc5c43)cc12. The van der Waals surface area contributed by atoms with Crippen molar-refractivity contribution in [2.24, 2.45) is 5.73 Å². The number of nitrogens with zero attached hydrogens (tertiary/aromatic N) is 2. The maximum Gasteiger partial charge on any atom is 0.205 e. The van der Waals surface area contributed by atoms with Gasteiger partial charge in [0, 0.05) is 16.5 Å². The summed E-state index contributed by atoms with van der Waals surface area (Å²) in [6.07, 6.45) is 0. The average Bonchev–Trinajstić information content (AvgIpc) is 2.75. The fourth-order valence-electron chi connectivity index (χ4n) is 4.28. The second-order valence-corrected chi connectivity index (χ2v) is 7.95. The van der Waals surface area contributed by atoms with Gasteiger partial charge in [-0.1, -0.05) is 54.1 Å². The number of benzene rings is 3. The third-order valence-electron chi connectivity index (χ3n) is 5.81. The molecule has 5 rings (SSSR count). The van der Waals surface area contributed by atoms with Crippen LogP contribution >= 0.6 is 11.6 Å². The van der Waals surface area contributed by atoms with Gasteiger partial charge in [-0.05, 0) is 47.9 Å². The molecule has 0 saturated heterocycles. The molecule has 3 aromatic carbocycles. The number of fused-ring (bicyclic) bond motifs is 4. The summed E-state index contributed by atoms with van der Waals surface area (Å²) in [7, 11) is 0. The number of nitrogens with two attached hydrogens (primary N) is 1. The Bertz CT molecular complexity index is 1430. The molecular weight excluding hydrogens is 394 g/mol. The molecule has 0 fully saturated rings. The minimum absolute atomic E-state index is 0.0995. The Hall–Kier alpha value is -3.55. The molecule has 0 saturated carbocycles. The second kappa shape index (κ2) is 6.76. The standard InChI is InChI=1S/C25H18ClN3O/c1-13-7-8-14(2)23-17(13)11-18(24(26)29-23)21-19(12-27)25(28)30-20-10-9-15-5-3-4-6-16(15)22(20)21/h3-11,21H,28H2,1-2H3/t21-/m0/s1. The lowest BCUT2D eigenvalue weighted by molar-refractivity contribution is 0.395. The maximum atomic E-state index is 9.96. The van der Waals surface area contributed by atoms with E-state index in [-0.39, 0.29) is 5.88 Å². The highest BCUT2D eigenvalue weighted by Gasteiger charge is 2.34. The van der Waals surface area contributed by atoms with Crippen molar-refractivity contribution in [3.05, 3.63) is 93.5 Å². The zero-order valence-electron chi connectivity index (χ0n) is 16.5. The Labute approximate surface area is 179 Å². The van der Waals surface area contributed by atoms with Gasteiger partial charge < -0.3 is 10.5 Å². The molecule has 5 heteroatoms. The van der Waals surface area contributed by atoms with Gasteiger partial charge in [0.05, 0.1) is 11.4 Å². The number of hydrogen-bond donors (Lipinski definition) is 1. The van der Waals surface area contributed by atoms with Gasteiger partial charge in [0.2, 0.25) is 5.88 Å². The van der Waals surface area contributed by atoms with Crippen molar-refractivity contribution >= 4 is 33.3 Å². The van der Waals surface area contributed by atoms with E-state index < -0.39 is 5.92 Å². The smallest absolute Gasteiger partial charge is 0.205 e. The van der Waals surface area contributed by atoms with Crippen molar-refractivity contribution in [2.75, 3.05) is 0 Å². The monoisotopic (exact) mass is 411 g/mol. The predicted octanol–water partition coefficient (Wildman–Crippen LogP) is 5.88. The quantitative estimate of drug-likeness (QED) is 0.397. The second-order valence-electron chi connectivity index (χ2n) is 7.59. The minimum Gasteiger partial charge on any atom is -0.440 e. The molecule has 146 valence electrons. The molecule has 4 aromatic rings. The van der Waals surface area contributed by atoms with Crippen LogP contribution in [0.5, 0.6) is 5.75 Å². The van der Waals surface area contributed by atoms with E-state index in [0.29, 0.717) is 16.5 Å². The highest BCUT2D eigenvalue weighted by Crippen LogP contribution is 2.47. The van der Waals surface area contributed by atoms with Crippen LogP contribution in [-0.2, 0) is 0 Å². The maximum absolute atomic E-state index is 9.96. The van der Waals surface area contributed by atoms with Crippen LogP contribution in [0.3, 0.4) is 0 Å². The molecule has 1 aliphatic heterocycles. The lowest BCUT2D eigenvalue weighted by Gasteiger charge is -2.28. The van der Waals surface area contributed by atoms with Crippen LogP contribution in [0, 0.1) is 25.2 Å². The number of ether oxygens (including phenoxy) is 1. The molecule has 1 aliphatic rings. The van der Waals surface area contributed by atoms with Crippen molar-refractivity contribution < 1.29 is 4.74 Å². The third-order valence-corrected chi connectivity index (χ3v) is 6.11. The Balaban J connectivity index is 1.89. The van der Waals surface area contributed by atoms with Gasteiger partial charge in [-0.25, -0.2) is 4.98 Å². The van der Waals surface area contributed by atoms with Crippen molar-refractivity contribution in [3.63, 3.8) is 0 Å². The van der Waals surface area contributed by atoms with Gasteiger partial charge in [-0.3, -0.25) is 0 Å². The normalized spacial score (nSPS) is 15.7. The predicted molar refractivity (Wildman–Crippen MR) is 119 cm³/mol. The highest BCUT2D eigenvalue weighted by atomic mass is 35.5. The summed E-state index contributed by atoms with van der Waals surface area (Å²) >= 11 is 6.72. The topological polar surface area (TPSA) is 71.9 Å². The van der Waals surface area contributed by atoms with E-state index in [9.17, 15) is 5.26 Å². The van der Waals surface area contributed by atoms with Crippen LogP contribution in [0.4, 0.5) is 0 Å². The van der Waals surface area contributed by atoms with Gasteiger partial charge in [0.25, 0.3) is 0 Å². The summed E-state index contributed by atoms with van der Waals surface area (Å²) in [5.74, 6) is 0.267. The molecule has 0 radical (unpaired) electrons. The molecule has 2 heterocycles. The zero-order chi connectivity index (χ0) is 21.0. The number of halogens is 1. The lowest BCUT2D eigenvalue weighted by Crippen LogP contribution is -2.21. The summed E-state index contributed by atoms with van der Waals surface area (Å²) in [5.41, 5.74) is 11.2. The summed E-state index contributed by atoms with van der Waals surface area (Å²) in [6.45, 7) is 4.06. The molecule has 0 spiro atoms. The summed E-state index contributed by atoms with van der Waals surface area (Å²) in [6, 6.07) is 20.3. The van der Waals surface area contributed by atoms with Gasteiger partial charge in [-0.15, -0.1) is 0 Å². The Morgan fingerprint density at radius 2 is 1.80 bits per heavy atom. The fraction of sp³-hybridized carbons (Fsp3) is 0.120. The largest absolute Gasteiger partial charge is 0.440 e. The molecule has 4 nitrogen and oxygen atoms in total. The molecule has 1 aromatic heterocycles. The van der Waals surface area contributed by atoms with Crippen LogP contribution in [-0.4, -0.2) is 4.98 Å². The summed E-state index contributed by atoms with van der Waals surface area (Å²) in [5, 5.41) is 13.4. The van der Waals surface area contributed by atoms with Gasteiger partial charge in [0.15, 0.2) is 0 Å². The number of pyridine rings is 1. The van der Waals surface area contributed by atoms with Crippen LogP contribution in [0.2, 0.25) is 5.15 Å². The van der Waals surface area contributed by atoms with Crippen molar-refractivity contribution in [2.45, 2.75) is 19.8 Å². The number of nitriles is 1. The number of rotatable bonds is 1. The van der Waals surface area contributed by atoms with Crippen LogP contribution in [0.25, 0.3) is 21.7 Å². The zero-order valence-corrected chi connectivity index (χ0v) is 17.3. The Morgan fingerprint density at radius 3 is 2.60 bits per heavy atom. The third kappa shape index (κ3) is 2.63. The van der Waals surface area contributed by atoms with Crippen molar-refractivity contribution in [3.8, 4) is 11.8 Å². The Kier molecular flexibility index (Phi) is 4.16. The Morgan fingerprint density at radius 1 is 1.03 bits per heavy atom. The molecule has 0 aliphatic carbocycles. The molecule has 0 amide bonds. The first-order valence-corrected chi connectivity index (χ1v) is 10.0.